The zero-order chi connectivity index (χ0) is 14.9. The second kappa shape index (κ2) is 5.20. The van der Waals surface area contributed by atoms with Gasteiger partial charge in [-0.05, 0) is 43.2 Å². The molecule has 0 spiro atoms. The highest BCUT2D eigenvalue weighted by atomic mass is 19.1. The number of anilines is 1. The van der Waals surface area contributed by atoms with E-state index >= 15 is 0 Å². The van der Waals surface area contributed by atoms with Crippen LogP contribution in [0.4, 0.5) is 10.1 Å². The van der Waals surface area contributed by atoms with Gasteiger partial charge in [-0.2, -0.15) is 0 Å². The van der Waals surface area contributed by atoms with Crippen LogP contribution in [-0.2, 0) is 6.42 Å². The van der Waals surface area contributed by atoms with Gasteiger partial charge in [0.25, 0.3) is 0 Å². The lowest BCUT2D eigenvalue weighted by atomic mass is 9.91. The second-order valence-corrected chi connectivity index (χ2v) is 5.65. The first-order valence-electron chi connectivity index (χ1n) is 6.98. The smallest absolute Gasteiger partial charge is 0.196 e. The van der Waals surface area contributed by atoms with Crippen molar-refractivity contribution in [1.82, 2.24) is 0 Å². The van der Waals surface area contributed by atoms with Crippen LogP contribution in [0, 0.1) is 5.82 Å². The third-order valence-corrected chi connectivity index (χ3v) is 3.86. The number of benzene rings is 2. The minimum absolute atomic E-state index is 0.217. The van der Waals surface area contributed by atoms with Gasteiger partial charge in [-0.3, -0.25) is 4.99 Å². The molecule has 4 heteroatoms. The number of hydrogen-bond donors (Lipinski definition) is 1. The molecule has 0 amide bonds. The molecule has 3 nitrogen and oxygen atoms in total. The van der Waals surface area contributed by atoms with Gasteiger partial charge in [0, 0.05) is 5.69 Å². The Labute approximate surface area is 123 Å². The fraction of sp³-hybridized carbons (Fsp3) is 0.235. The summed E-state index contributed by atoms with van der Waals surface area (Å²) in [6, 6.07) is 16.6. The molecule has 108 valence electrons. The number of aliphatic imine (C=N–C) groups is 1. The van der Waals surface area contributed by atoms with Gasteiger partial charge < -0.3 is 10.6 Å². The quantitative estimate of drug-likeness (QED) is 0.941. The number of nitrogens with two attached hydrogens (primary N) is 1. The Morgan fingerprint density at radius 2 is 1.81 bits per heavy atom. The molecule has 0 saturated heterocycles. The number of para-hydroxylation sites is 1. The van der Waals surface area contributed by atoms with Gasteiger partial charge in [-0.1, -0.05) is 30.3 Å². The minimum Gasteiger partial charge on any atom is -0.369 e. The summed E-state index contributed by atoms with van der Waals surface area (Å²) in [6.07, 6.45) is 0.756. The molecule has 21 heavy (non-hydrogen) atoms. The standard InChI is InChI=1S/C17H18FN3/c1-17(11-13-7-9-14(18)10-8-13)12-20-16(19)21(17)15-5-3-2-4-6-15/h2-10H,11-12H2,1H3,(H2,19,20). The highest BCUT2D eigenvalue weighted by Gasteiger charge is 2.38. The Kier molecular flexibility index (Phi) is 3.37. The van der Waals surface area contributed by atoms with E-state index in [2.05, 4.69) is 16.8 Å². The monoisotopic (exact) mass is 283 g/mol. The van der Waals surface area contributed by atoms with Crippen LogP contribution in [-0.4, -0.2) is 18.0 Å². The summed E-state index contributed by atoms with van der Waals surface area (Å²) in [4.78, 5) is 6.47. The number of rotatable bonds is 3. The van der Waals surface area contributed by atoms with Crippen LogP contribution in [0.25, 0.3) is 0 Å². The molecule has 0 aliphatic carbocycles. The molecule has 1 atom stereocenters. The number of nitrogens with zero attached hydrogens (tertiary/aromatic N) is 2. The van der Waals surface area contributed by atoms with Crippen LogP contribution >= 0.6 is 0 Å². The maximum absolute atomic E-state index is 13.0. The molecule has 1 unspecified atom stereocenters. The number of hydrogen-bond acceptors (Lipinski definition) is 3. The highest BCUT2D eigenvalue weighted by Crippen LogP contribution is 2.31. The van der Waals surface area contributed by atoms with Crippen molar-refractivity contribution in [3.8, 4) is 0 Å². The van der Waals surface area contributed by atoms with E-state index < -0.39 is 0 Å². The largest absolute Gasteiger partial charge is 0.369 e. The summed E-state index contributed by atoms with van der Waals surface area (Å²) in [5.41, 5.74) is 7.95. The van der Waals surface area contributed by atoms with Gasteiger partial charge in [-0.15, -0.1) is 0 Å². The summed E-state index contributed by atoms with van der Waals surface area (Å²) >= 11 is 0. The lowest BCUT2D eigenvalue weighted by molar-refractivity contribution is 0.499. The Hall–Kier alpha value is -2.36. The highest BCUT2D eigenvalue weighted by molar-refractivity contribution is 5.98. The van der Waals surface area contributed by atoms with Crippen LogP contribution in [0.2, 0.25) is 0 Å². The van der Waals surface area contributed by atoms with Crippen LogP contribution in [0.3, 0.4) is 0 Å². The molecule has 0 bridgehead atoms. The van der Waals surface area contributed by atoms with Crippen molar-refractivity contribution in [3.05, 3.63) is 66.0 Å². The molecule has 0 radical (unpaired) electrons. The van der Waals surface area contributed by atoms with Gasteiger partial charge in [0.2, 0.25) is 0 Å². The van der Waals surface area contributed by atoms with Gasteiger partial charge >= 0.3 is 0 Å². The zero-order valence-corrected chi connectivity index (χ0v) is 12.0. The number of halogens is 1. The van der Waals surface area contributed by atoms with Gasteiger partial charge in [0.1, 0.15) is 5.82 Å². The molecule has 3 rings (SSSR count). The molecule has 1 aliphatic heterocycles. The van der Waals surface area contributed by atoms with Crippen molar-refractivity contribution in [2.24, 2.45) is 10.7 Å². The lowest BCUT2D eigenvalue weighted by Gasteiger charge is -2.36. The van der Waals surface area contributed by atoms with Gasteiger partial charge in [0.15, 0.2) is 5.96 Å². The Balaban J connectivity index is 1.90. The van der Waals surface area contributed by atoms with E-state index in [-0.39, 0.29) is 11.4 Å². The molecule has 1 heterocycles. The van der Waals surface area contributed by atoms with E-state index in [4.69, 9.17) is 5.73 Å². The second-order valence-electron chi connectivity index (χ2n) is 5.65. The van der Waals surface area contributed by atoms with Crippen molar-refractivity contribution in [1.29, 1.82) is 0 Å². The fourth-order valence-electron chi connectivity index (χ4n) is 2.87. The molecular formula is C17H18FN3. The molecule has 0 aromatic heterocycles. The van der Waals surface area contributed by atoms with Crippen LogP contribution in [0.5, 0.6) is 0 Å². The Bertz CT molecular complexity index is 651. The zero-order valence-electron chi connectivity index (χ0n) is 12.0. The normalized spacial score (nSPS) is 21.4. The molecule has 2 aromatic rings. The van der Waals surface area contributed by atoms with Crippen molar-refractivity contribution >= 4 is 11.6 Å². The average molecular weight is 283 g/mol. The van der Waals surface area contributed by atoms with E-state index in [0.717, 1.165) is 17.7 Å². The third kappa shape index (κ3) is 2.61. The molecule has 2 aromatic carbocycles. The van der Waals surface area contributed by atoms with Crippen LogP contribution < -0.4 is 10.6 Å². The molecule has 1 aliphatic rings. The SMILES string of the molecule is CC1(Cc2ccc(F)cc2)CN=C(N)N1c1ccccc1. The van der Waals surface area contributed by atoms with E-state index in [0.29, 0.717) is 12.5 Å². The first-order chi connectivity index (χ1) is 10.1. The summed E-state index contributed by atoms with van der Waals surface area (Å²) in [7, 11) is 0. The van der Waals surface area contributed by atoms with E-state index in [1.54, 1.807) is 0 Å². The first kappa shape index (κ1) is 13.6. The lowest BCUT2D eigenvalue weighted by Crippen LogP contribution is -2.51. The van der Waals surface area contributed by atoms with Crippen LogP contribution in [0.15, 0.2) is 59.6 Å². The van der Waals surface area contributed by atoms with Crippen molar-refractivity contribution in [2.45, 2.75) is 18.9 Å². The van der Waals surface area contributed by atoms with E-state index in [1.165, 1.54) is 12.1 Å². The summed E-state index contributed by atoms with van der Waals surface area (Å²) in [5.74, 6) is 0.316. The summed E-state index contributed by atoms with van der Waals surface area (Å²) < 4.78 is 13.0. The maximum Gasteiger partial charge on any atom is 0.196 e. The van der Waals surface area contributed by atoms with Gasteiger partial charge in [-0.25, -0.2) is 4.39 Å². The number of guanidine groups is 1. The predicted octanol–water partition coefficient (Wildman–Crippen LogP) is 2.96. The minimum atomic E-state index is -0.233. The average Bonchev–Trinajstić information content (AvgIpc) is 2.78. The third-order valence-electron chi connectivity index (χ3n) is 3.86. The Morgan fingerprint density at radius 1 is 1.14 bits per heavy atom. The van der Waals surface area contributed by atoms with Crippen molar-refractivity contribution < 1.29 is 4.39 Å². The molecule has 0 saturated carbocycles. The van der Waals surface area contributed by atoms with Crippen LogP contribution in [0.1, 0.15) is 12.5 Å². The van der Waals surface area contributed by atoms with Gasteiger partial charge in [0.05, 0.1) is 12.1 Å². The molecule has 0 fully saturated rings. The maximum atomic E-state index is 13.0. The van der Waals surface area contributed by atoms with Crippen molar-refractivity contribution in [2.75, 3.05) is 11.4 Å². The Morgan fingerprint density at radius 3 is 2.48 bits per heavy atom. The topological polar surface area (TPSA) is 41.6 Å². The first-order valence-corrected chi connectivity index (χ1v) is 6.98. The van der Waals surface area contributed by atoms with Crippen molar-refractivity contribution in [3.63, 3.8) is 0 Å². The predicted molar refractivity (Wildman–Crippen MR) is 83.9 cm³/mol. The summed E-state index contributed by atoms with van der Waals surface area (Å²) in [5, 5.41) is 0. The molecule has 2 N–H and O–H groups in total. The van der Waals surface area contributed by atoms with E-state index in [9.17, 15) is 4.39 Å². The van der Waals surface area contributed by atoms with E-state index in [1.807, 2.05) is 42.5 Å². The fourth-order valence-corrected chi connectivity index (χ4v) is 2.87. The molecular weight excluding hydrogens is 265 g/mol. The summed E-state index contributed by atoms with van der Waals surface area (Å²) in [6.45, 7) is 2.76.